The topological polar surface area (TPSA) is 75.2 Å². The van der Waals surface area contributed by atoms with Gasteiger partial charge in [0.1, 0.15) is 11.6 Å². The summed E-state index contributed by atoms with van der Waals surface area (Å²) in [5.41, 5.74) is 2.27. The first-order valence-electron chi connectivity index (χ1n) is 6.31. The van der Waals surface area contributed by atoms with Crippen LogP contribution in [0, 0.1) is 6.92 Å². The Bertz CT molecular complexity index is 644. The molecule has 1 aromatic carbocycles. The van der Waals surface area contributed by atoms with Crippen LogP contribution in [-0.2, 0) is 4.79 Å². The third-order valence-corrected chi connectivity index (χ3v) is 2.75. The molecule has 0 fully saturated rings. The fraction of sp³-hybridized carbons (Fsp3) is 0.200. The minimum Gasteiger partial charge on any atom is -0.493 e. The van der Waals surface area contributed by atoms with E-state index in [1.807, 2.05) is 38.1 Å². The summed E-state index contributed by atoms with van der Waals surface area (Å²) < 4.78 is 5.57. The van der Waals surface area contributed by atoms with Crippen LogP contribution in [0.1, 0.15) is 18.3 Å². The number of para-hydroxylation sites is 1. The van der Waals surface area contributed by atoms with Crippen molar-refractivity contribution in [2.24, 2.45) is 0 Å². The molecule has 2 aromatic rings. The number of aromatic nitrogens is 2. The highest BCUT2D eigenvalue weighted by atomic mass is 16.5. The van der Waals surface area contributed by atoms with E-state index in [1.54, 1.807) is 0 Å². The summed E-state index contributed by atoms with van der Waals surface area (Å²) in [6.45, 7) is 4.34. The number of ether oxygens (including phenoxy) is 1. The lowest BCUT2D eigenvalue weighted by atomic mass is 10.2. The number of carboxylic acid groups (broad SMARTS) is 1. The standard InChI is InChI=1S/C15H16N2O3/c1-3-20-13-7-5-4-6-11(13)15-16-10(2)12(17-15)8-9-14(18)19/h4-9H,3H2,1-2H3,(H,16,17)(H,18,19)/b9-8+. The maximum Gasteiger partial charge on any atom is 0.328 e. The average molecular weight is 272 g/mol. The normalized spacial score (nSPS) is 10.9. The number of rotatable bonds is 5. The lowest BCUT2D eigenvalue weighted by molar-refractivity contribution is -0.131. The van der Waals surface area contributed by atoms with Crippen molar-refractivity contribution in [3.05, 3.63) is 41.7 Å². The van der Waals surface area contributed by atoms with E-state index in [9.17, 15) is 4.79 Å². The summed E-state index contributed by atoms with van der Waals surface area (Å²) >= 11 is 0. The Kier molecular flexibility index (Phi) is 4.20. The zero-order valence-corrected chi connectivity index (χ0v) is 11.4. The van der Waals surface area contributed by atoms with Gasteiger partial charge < -0.3 is 14.8 Å². The van der Waals surface area contributed by atoms with E-state index >= 15 is 0 Å². The number of carbonyl (C=O) groups is 1. The summed E-state index contributed by atoms with van der Waals surface area (Å²) in [5.74, 6) is 0.415. The van der Waals surface area contributed by atoms with Crippen molar-refractivity contribution in [3.8, 4) is 17.1 Å². The van der Waals surface area contributed by atoms with Gasteiger partial charge in [-0.3, -0.25) is 0 Å². The van der Waals surface area contributed by atoms with Crippen LogP contribution in [0.3, 0.4) is 0 Å². The first-order chi connectivity index (χ1) is 9.61. The van der Waals surface area contributed by atoms with Crippen LogP contribution >= 0.6 is 0 Å². The van der Waals surface area contributed by atoms with E-state index < -0.39 is 5.97 Å². The van der Waals surface area contributed by atoms with Crippen molar-refractivity contribution in [1.82, 2.24) is 9.97 Å². The molecule has 0 unspecified atom stereocenters. The number of hydrogen-bond donors (Lipinski definition) is 2. The fourth-order valence-corrected chi connectivity index (χ4v) is 1.86. The van der Waals surface area contributed by atoms with Crippen LogP contribution in [0.25, 0.3) is 17.5 Å². The van der Waals surface area contributed by atoms with E-state index in [0.717, 1.165) is 23.1 Å². The summed E-state index contributed by atoms with van der Waals surface area (Å²) in [6, 6.07) is 7.59. The Morgan fingerprint density at radius 3 is 2.90 bits per heavy atom. The van der Waals surface area contributed by atoms with E-state index in [0.29, 0.717) is 18.1 Å². The van der Waals surface area contributed by atoms with Crippen LogP contribution in [-0.4, -0.2) is 27.7 Å². The van der Waals surface area contributed by atoms with Crippen LogP contribution in [0.4, 0.5) is 0 Å². The van der Waals surface area contributed by atoms with Gasteiger partial charge in [0.2, 0.25) is 0 Å². The highest BCUT2D eigenvalue weighted by Crippen LogP contribution is 2.28. The van der Waals surface area contributed by atoms with Gasteiger partial charge in [-0.1, -0.05) is 12.1 Å². The van der Waals surface area contributed by atoms with Crippen LogP contribution in [0.2, 0.25) is 0 Å². The van der Waals surface area contributed by atoms with Gasteiger partial charge in [-0.25, -0.2) is 9.78 Å². The third-order valence-electron chi connectivity index (χ3n) is 2.75. The molecule has 0 amide bonds. The largest absolute Gasteiger partial charge is 0.493 e. The number of H-pyrrole nitrogens is 1. The van der Waals surface area contributed by atoms with Gasteiger partial charge in [0.25, 0.3) is 0 Å². The maximum atomic E-state index is 10.6. The molecule has 5 nitrogen and oxygen atoms in total. The number of aryl methyl sites for hydroxylation is 1. The van der Waals surface area contributed by atoms with Crippen molar-refractivity contribution in [2.45, 2.75) is 13.8 Å². The minimum atomic E-state index is -0.997. The van der Waals surface area contributed by atoms with E-state index in [1.165, 1.54) is 6.08 Å². The lowest BCUT2D eigenvalue weighted by Crippen LogP contribution is -1.94. The van der Waals surface area contributed by atoms with Crippen molar-refractivity contribution in [3.63, 3.8) is 0 Å². The van der Waals surface area contributed by atoms with Crippen LogP contribution < -0.4 is 4.74 Å². The zero-order valence-electron chi connectivity index (χ0n) is 11.4. The third kappa shape index (κ3) is 3.06. The van der Waals surface area contributed by atoms with Crippen molar-refractivity contribution < 1.29 is 14.6 Å². The predicted molar refractivity (Wildman–Crippen MR) is 76.6 cm³/mol. The van der Waals surface area contributed by atoms with E-state index in [4.69, 9.17) is 9.84 Å². The molecule has 0 aliphatic rings. The molecule has 5 heteroatoms. The summed E-state index contributed by atoms with van der Waals surface area (Å²) in [4.78, 5) is 18.1. The number of nitrogens with zero attached hydrogens (tertiary/aromatic N) is 1. The smallest absolute Gasteiger partial charge is 0.328 e. The predicted octanol–water partition coefficient (Wildman–Crippen LogP) is 2.88. The molecule has 2 N–H and O–H groups in total. The van der Waals surface area contributed by atoms with Gasteiger partial charge in [0, 0.05) is 11.8 Å². The van der Waals surface area contributed by atoms with Crippen LogP contribution in [0.15, 0.2) is 30.3 Å². The molecular formula is C15H16N2O3. The Morgan fingerprint density at radius 2 is 2.20 bits per heavy atom. The van der Waals surface area contributed by atoms with Crippen molar-refractivity contribution in [2.75, 3.05) is 6.61 Å². The molecule has 1 aromatic heterocycles. The van der Waals surface area contributed by atoms with Gasteiger partial charge in [-0.2, -0.15) is 0 Å². The van der Waals surface area contributed by atoms with Crippen molar-refractivity contribution >= 4 is 12.0 Å². The molecule has 20 heavy (non-hydrogen) atoms. The van der Waals surface area contributed by atoms with Gasteiger partial charge in [-0.15, -0.1) is 0 Å². The Balaban J connectivity index is 2.39. The molecule has 1 heterocycles. The molecule has 0 bridgehead atoms. The summed E-state index contributed by atoms with van der Waals surface area (Å²) in [7, 11) is 0. The number of aliphatic carboxylic acids is 1. The second-order valence-electron chi connectivity index (χ2n) is 4.20. The number of nitrogens with one attached hydrogen (secondary N) is 1. The first-order valence-corrected chi connectivity index (χ1v) is 6.31. The quantitative estimate of drug-likeness (QED) is 0.821. The molecule has 104 valence electrons. The number of benzene rings is 1. The SMILES string of the molecule is CCOc1ccccc1-c1nc(/C=C/C(=O)O)c(C)[nH]1. The van der Waals surface area contributed by atoms with Gasteiger partial charge >= 0.3 is 5.97 Å². The Labute approximate surface area is 116 Å². The number of imidazole rings is 1. The Morgan fingerprint density at radius 1 is 1.45 bits per heavy atom. The molecule has 2 rings (SSSR count). The number of carboxylic acids is 1. The van der Waals surface area contributed by atoms with Gasteiger partial charge in [-0.05, 0) is 32.1 Å². The van der Waals surface area contributed by atoms with Gasteiger partial charge in [0.05, 0.1) is 17.9 Å². The minimum absolute atomic E-state index is 0.572. The summed E-state index contributed by atoms with van der Waals surface area (Å²) in [6.07, 6.45) is 2.54. The first kappa shape index (κ1) is 13.9. The molecule has 0 radical (unpaired) electrons. The van der Waals surface area contributed by atoms with Crippen LogP contribution in [0.5, 0.6) is 5.75 Å². The second-order valence-corrected chi connectivity index (χ2v) is 4.20. The molecule has 0 aliphatic carbocycles. The molecule has 0 aliphatic heterocycles. The fourth-order valence-electron chi connectivity index (χ4n) is 1.86. The van der Waals surface area contributed by atoms with Crippen molar-refractivity contribution in [1.29, 1.82) is 0 Å². The van der Waals surface area contributed by atoms with E-state index in [2.05, 4.69) is 9.97 Å². The lowest BCUT2D eigenvalue weighted by Gasteiger charge is -2.07. The zero-order chi connectivity index (χ0) is 14.5. The van der Waals surface area contributed by atoms with Gasteiger partial charge in [0.15, 0.2) is 0 Å². The second kappa shape index (κ2) is 6.06. The molecule has 0 atom stereocenters. The Hall–Kier alpha value is -2.56. The molecular weight excluding hydrogens is 256 g/mol. The molecule has 0 saturated carbocycles. The molecule has 0 spiro atoms. The number of hydrogen-bond acceptors (Lipinski definition) is 3. The van der Waals surface area contributed by atoms with E-state index in [-0.39, 0.29) is 0 Å². The highest BCUT2D eigenvalue weighted by molar-refractivity contribution is 5.85. The highest BCUT2D eigenvalue weighted by Gasteiger charge is 2.11. The number of aromatic amines is 1. The monoisotopic (exact) mass is 272 g/mol. The maximum absolute atomic E-state index is 10.6. The molecule has 0 saturated heterocycles. The summed E-state index contributed by atoms with van der Waals surface area (Å²) in [5, 5.41) is 8.66. The average Bonchev–Trinajstić information content (AvgIpc) is 2.78.